The molecule has 128 valence electrons. The summed E-state index contributed by atoms with van der Waals surface area (Å²) < 4.78 is 26.0. The van der Waals surface area contributed by atoms with Gasteiger partial charge in [-0.25, -0.2) is 8.42 Å². The molecule has 0 radical (unpaired) electrons. The Bertz CT molecular complexity index is 869. The Labute approximate surface area is 151 Å². The van der Waals surface area contributed by atoms with E-state index in [1.54, 1.807) is 18.2 Å². The van der Waals surface area contributed by atoms with Gasteiger partial charge in [-0.05, 0) is 42.8 Å². The zero-order valence-corrected chi connectivity index (χ0v) is 15.4. The predicted octanol–water partition coefficient (Wildman–Crippen LogP) is 3.56. The van der Waals surface area contributed by atoms with E-state index in [1.807, 2.05) is 13.0 Å². The lowest BCUT2D eigenvalue weighted by atomic mass is 10.2. The van der Waals surface area contributed by atoms with Gasteiger partial charge in [0.25, 0.3) is 0 Å². The first-order valence-corrected chi connectivity index (χ1v) is 9.17. The molecule has 1 N–H and O–H groups in total. The van der Waals surface area contributed by atoms with Crippen LogP contribution >= 0.6 is 23.2 Å². The Morgan fingerprint density at radius 1 is 1.17 bits per heavy atom. The van der Waals surface area contributed by atoms with Crippen molar-refractivity contribution in [3.05, 3.63) is 58.1 Å². The molecule has 24 heavy (non-hydrogen) atoms. The number of amides is 1. The van der Waals surface area contributed by atoms with Gasteiger partial charge in [-0.15, -0.1) is 0 Å². The van der Waals surface area contributed by atoms with Crippen molar-refractivity contribution in [2.45, 2.75) is 11.8 Å². The van der Waals surface area contributed by atoms with Crippen molar-refractivity contribution in [1.29, 1.82) is 0 Å². The summed E-state index contributed by atoms with van der Waals surface area (Å²) in [6.45, 7) is 1.55. The van der Waals surface area contributed by atoms with Gasteiger partial charge in [0.05, 0.1) is 11.6 Å². The van der Waals surface area contributed by atoms with Crippen molar-refractivity contribution in [3.63, 3.8) is 0 Å². The minimum absolute atomic E-state index is 0.0466. The lowest BCUT2D eigenvalue weighted by molar-refractivity contribution is -0.116. The molecule has 2 aromatic rings. The van der Waals surface area contributed by atoms with E-state index in [2.05, 4.69) is 5.32 Å². The molecule has 1 amide bonds. The van der Waals surface area contributed by atoms with Crippen molar-refractivity contribution in [1.82, 2.24) is 4.31 Å². The van der Waals surface area contributed by atoms with Crippen LogP contribution in [0.3, 0.4) is 0 Å². The number of anilines is 1. The zero-order chi connectivity index (χ0) is 17.9. The topological polar surface area (TPSA) is 66.5 Å². The molecule has 2 aromatic carbocycles. The number of carbonyl (C=O) groups excluding carboxylic acids is 1. The van der Waals surface area contributed by atoms with Crippen molar-refractivity contribution in [3.8, 4) is 0 Å². The number of rotatable bonds is 5. The molecule has 5 nitrogen and oxygen atoms in total. The normalized spacial score (nSPS) is 11.5. The number of carbonyl (C=O) groups is 1. The van der Waals surface area contributed by atoms with E-state index < -0.39 is 15.9 Å². The fourth-order valence-electron chi connectivity index (χ4n) is 2.05. The van der Waals surface area contributed by atoms with E-state index in [4.69, 9.17) is 23.2 Å². The van der Waals surface area contributed by atoms with Crippen molar-refractivity contribution < 1.29 is 13.2 Å². The van der Waals surface area contributed by atoms with Crippen LogP contribution in [0, 0.1) is 6.92 Å². The van der Waals surface area contributed by atoms with Crippen LogP contribution in [0.2, 0.25) is 10.0 Å². The van der Waals surface area contributed by atoms with Gasteiger partial charge in [0.2, 0.25) is 15.9 Å². The Morgan fingerprint density at radius 3 is 2.54 bits per heavy atom. The maximum atomic E-state index is 12.6. The Morgan fingerprint density at radius 2 is 1.88 bits per heavy atom. The third-order valence-electron chi connectivity index (χ3n) is 3.25. The molecular weight excluding hydrogens is 371 g/mol. The smallest absolute Gasteiger partial charge is 0.244 e. The van der Waals surface area contributed by atoms with Crippen molar-refractivity contribution in [2.75, 3.05) is 18.9 Å². The summed E-state index contributed by atoms with van der Waals surface area (Å²) in [5.41, 5.74) is 1.59. The first kappa shape index (κ1) is 18.7. The van der Waals surface area contributed by atoms with Gasteiger partial charge in [-0.1, -0.05) is 35.3 Å². The van der Waals surface area contributed by atoms with Crippen LogP contribution in [-0.2, 0) is 14.8 Å². The van der Waals surface area contributed by atoms with Crippen LogP contribution in [0.25, 0.3) is 0 Å². The Kier molecular flexibility index (Phi) is 5.87. The first-order chi connectivity index (χ1) is 11.2. The van der Waals surface area contributed by atoms with E-state index in [1.165, 1.54) is 25.2 Å². The average molecular weight is 387 g/mol. The number of likely N-dealkylation sites (N-methyl/N-ethyl adjacent to an activating group) is 1. The summed E-state index contributed by atoms with van der Waals surface area (Å²) in [5.74, 6) is -0.454. The van der Waals surface area contributed by atoms with Gasteiger partial charge in [0.15, 0.2) is 0 Å². The fourth-order valence-corrected chi connectivity index (χ4v) is 3.91. The van der Waals surface area contributed by atoms with Gasteiger partial charge in [-0.3, -0.25) is 4.79 Å². The largest absolute Gasteiger partial charge is 0.325 e. The lowest BCUT2D eigenvalue weighted by Gasteiger charge is -2.18. The second kappa shape index (κ2) is 7.53. The summed E-state index contributed by atoms with van der Waals surface area (Å²) >= 11 is 11.8. The molecule has 0 aliphatic rings. The third kappa shape index (κ3) is 4.48. The van der Waals surface area contributed by atoms with Gasteiger partial charge >= 0.3 is 0 Å². The van der Waals surface area contributed by atoms with E-state index in [0.717, 1.165) is 9.87 Å². The standard InChI is InChI=1S/C16H16Cl2N2O3S/c1-11-4-3-5-13(8-11)19-16(21)10-20(2)24(22,23)15-9-12(17)6-7-14(15)18/h3-9H,10H2,1-2H3,(H,19,21). The van der Waals surface area contributed by atoms with Crippen LogP contribution < -0.4 is 5.32 Å². The molecule has 2 rings (SSSR count). The molecule has 0 atom stereocenters. The summed E-state index contributed by atoms with van der Waals surface area (Å²) in [7, 11) is -2.62. The number of hydrogen-bond donors (Lipinski definition) is 1. The molecule has 0 spiro atoms. The number of benzene rings is 2. The molecule has 0 aliphatic heterocycles. The second-order valence-electron chi connectivity index (χ2n) is 5.25. The first-order valence-electron chi connectivity index (χ1n) is 6.98. The van der Waals surface area contributed by atoms with E-state index in [9.17, 15) is 13.2 Å². The fraction of sp³-hybridized carbons (Fsp3) is 0.188. The van der Waals surface area contributed by atoms with Crippen molar-refractivity contribution >= 4 is 44.8 Å². The highest BCUT2D eigenvalue weighted by Crippen LogP contribution is 2.27. The highest BCUT2D eigenvalue weighted by molar-refractivity contribution is 7.89. The minimum Gasteiger partial charge on any atom is -0.325 e. The number of nitrogens with zero attached hydrogens (tertiary/aromatic N) is 1. The molecule has 0 unspecified atom stereocenters. The molecule has 0 aromatic heterocycles. The number of nitrogens with one attached hydrogen (secondary N) is 1. The zero-order valence-electron chi connectivity index (χ0n) is 13.1. The van der Waals surface area contributed by atoms with Crippen LogP contribution in [0.15, 0.2) is 47.4 Å². The van der Waals surface area contributed by atoms with Gasteiger partial charge in [0.1, 0.15) is 4.90 Å². The van der Waals surface area contributed by atoms with E-state index in [-0.39, 0.29) is 21.5 Å². The van der Waals surface area contributed by atoms with E-state index >= 15 is 0 Å². The van der Waals surface area contributed by atoms with Crippen LogP contribution in [0.1, 0.15) is 5.56 Å². The number of aryl methyl sites for hydroxylation is 1. The molecule has 0 fully saturated rings. The Hall–Kier alpha value is -1.60. The molecular formula is C16H16Cl2N2O3S. The molecule has 8 heteroatoms. The molecule has 0 saturated carbocycles. The summed E-state index contributed by atoms with van der Waals surface area (Å²) in [4.78, 5) is 12.0. The SMILES string of the molecule is Cc1cccc(NC(=O)CN(C)S(=O)(=O)c2cc(Cl)ccc2Cl)c1. The quantitative estimate of drug-likeness (QED) is 0.853. The third-order valence-corrected chi connectivity index (χ3v) is 5.77. The minimum atomic E-state index is -3.93. The molecule has 0 heterocycles. The van der Waals surface area contributed by atoms with Crippen LogP contribution in [0.5, 0.6) is 0 Å². The van der Waals surface area contributed by atoms with Crippen LogP contribution in [-0.4, -0.2) is 32.2 Å². The summed E-state index contributed by atoms with van der Waals surface area (Å²) in [6.07, 6.45) is 0. The van der Waals surface area contributed by atoms with Gasteiger partial charge < -0.3 is 5.32 Å². The number of sulfonamides is 1. The van der Waals surface area contributed by atoms with E-state index in [0.29, 0.717) is 5.69 Å². The monoisotopic (exact) mass is 386 g/mol. The lowest BCUT2D eigenvalue weighted by Crippen LogP contribution is -2.35. The molecule has 0 bridgehead atoms. The highest BCUT2D eigenvalue weighted by atomic mass is 35.5. The highest BCUT2D eigenvalue weighted by Gasteiger charge is 2.25. The summed E-state index contributed by atoms with van der Waals surface area (Å²) in [5, 5.41) is 2.95. The summed E-state index contributed by atoms with van der Waals surface area (Å²) in [6, 6.07) is 11.4. The van der Waals surface area contributed by atoms with Crippen LogP contribution in [0.4, 0.5) is 5.69 Å². The molecule has 0 aliphatic carbocycles. The Balaban J connectivity index is 2.14. The average Bonchev–Trinajstić information content (AvgIpc) is 2.49. The molecule has 0 saturated heterocycles. The van der Waals surface area contributed by atoms with Gasteiger partial charge in [0, 0.05) is 17.8 Å². The maximum Gasteiger partial charge on any atom is 0.244 e. The predicted molar refractivity (Wildman–Crippen MR) is 96.1 cm³/mol. The van der Waals surface area contributed by atoms with Crippen molar-refractivity contribution in [2.24, 2.45) is 0 Å². The second-order valence-corrected chi connectivity index (χ2v) is 8.11. The maximum absolute atomic E-state index is 12.6. The van der Waals surface area contributed by atoms with Gasteiger partial charge in [-0.2, -0.15) is 4.31 Å². The number of hydrogen-bond acceptors (Lipinski definition) is 3. The number of halogens is 2.